The molecule has 86 valence electrons. The summed E-state index contributed by atoms with van der Waals surface area (Å²) in [6.45, 7) is 5.09. The fraction of sp³-hybridized carbons (Fsp3) is 0.300. The second-order valence-electron chi connectivity index (χ2n) is 3.00. The minimum Gasteiger partial charge on any atom is -0.450 e. The molecule has 6 heteroatoms. The Kier molecular flexibility index (Phi) is 4.26. The van der Waals surface area contributed by atoms with E-state index in [4.69, 9.17) is 0 Å². The number of amides is 1. The van der Waals surface area contributed by atoms with Gasteiger partial charge in [0.15, 0.2) is 6.61 Å². The highest BCUT2D eigenvalue weighted by atomic mass is 16.6. The number of carbonyl (C=O) groups excluding carboxylic acids is 2. The lowest BCUT2D eigenvalue weighted by molar-refractivity contribution is -0.124. The quantitative estimate of drug-likeness (QED) is 0.579. The number of nitrogens with zero attached hydrogens (tertiary/aromatic N) is 1. The third kappa shape index (κ3) is 3.56. The molecule has 0 radical (unpaired) electrons. The van der Waals surface area contributed by atoms with E-state index in [0.29, 0.717) is 12.2 Å². The van der Waals surface area contributed by atoms with Crippen LogP contribution in [-0.4, -0.2) is 30.2 Å². The minimum atomic E-state index is -0.714. The van der Waals surface area contributed by atoms with Crippen molar-refractivity contribution in [1.29, 1.82) is 0 Å². The number of hydrogen-bond donors (Lipinski definition) is 1. The van der Waals surface area contributed by atoms with Gasteiger partial charge >= 0.3 is 5.97 Å². The van der Waals surface area contributed by atoms with Gasteiger partial charge < -0.3 is 14.6 Å². The minimum absolute atomic E-state index is 0.0194. The van der Waals surface area contributed by atoms with Crippen molar-refractivity contribution in [1.82, 2.24) is 10.5 Å². The maximum Gasteiger partial charge on any atom is 0.377 e. The summed E-state index contributed by atoms with van der Waals surface area (Å²) in [6, 6.07) is 1.43. The highest BCUT2D eigenvalue weighted by Crippen LogP contribution is 2.03. The van der Waals surface area contributed by atoms with Gasteiger partial charge in [-0.2, -0.15) is 0 Å². The van der Waals surface area contributed by atoms with Crippen LogP contribution in [0, 0.1) is 6.92 Å². The van der Waals surface area contributed by atoms with Gasteiger partial charge in [-0.15, -0.1) is 6.58 Å². The van der Waals surface area contributed by atoms with Crippen molar-refractivity contribution in [3.8, 4) is 0 Å². The fourth-order valence-electron chi connectivity index (χ4n) is 0.899. The topological polar surface area (TPSA) is 81.4 Å². The van der Waals surface area contributed by atoms with E-state index in [1.165, 1.54) is 12.1 Å². The first-order chi connectivity index (χ1) is 7.63. The molecular formula is C10H12N2O4. The van der Waals surface area contributed by atoms with Gasteiger partial charge in [-0.05, 0) is 6.92 Å². The van der Waals surface area contributed by atoms with Crippen LogP contribution >= 0.6 is 0 Å². The molecule has 1 rings (SSSR count). The van der Waals surface area contributed by atoms with Crippen molar-refractivity contribution in [3.63, 3.8) is 0 Å². The molecule has 0 unspecified atom stereocenters. The van der Waals surface area contributed by atoms with Crippen molar-refractivity contribution in [2.24, 2.45) is 0 Å². The van der Waals surface area contributed by atoms with Gasteiger partial charge in [0.25, 0.3) is 5.91 Å². The molecule has 1 aromatic rings. The summed E-state index contributed by atoms with van der Waals surface area (Å²) in [5.74, 6) is -1.13. The Balaban J connectivity index is 2.35. The third-order valence-electron chi connectivity index (χ3n) is 1.61. The molecule has 0 aliphatic heterocycles. The van der Waals surface area contributed by atoms with E-state index in [1.807, 2.05) is 0 Å². The Morgan fingerprint density at radius 3 is 3.00 bits per heavy atom. The number of esters is 1. The Labute approximate surface area is 92.2 Å². The maximum absolute atomic E-state index is 11.3. The summed E-state index contributed by atoms with van der Waals surface area (Å²) in [7, 11) is 0. The van der Waals surface area contributed by atoms with Crippen LogP contribution in [-0.2, 0) is 9.53 Å². The van der Waals surface area contributed by atoms with Crippen molar-refractivity contribution >= 4 is 11.9 Å². The second-order valence-corrected chi connectivity index (χ2v) is 3.00. The molecule has 1 N–H and O–H groups in total. The molecule has 16 heavy (non-hydrogen) atoms. The second kappa shape index (κ2) is 5.69. The smallest absolute Gasteiger partial charge is 0.377 e. The molecule has 0 saturated carbocycles. The van der Waals surface area contributed by atoms with E-state index in [0.717, 1.165) is 0 Å². The van der Waals surface area contributed by atoms with Crippen LogP contribution < -0.4 is 5.32 Å². The number of carbonyl (C=O) groups is 2. The molecular weight excluding hydrogens is 212 g/mol. The largest absolute Gasteiger partial charge is 0.450 e. The first kappa shape index (κ1) is 12.0. The zero-order valence-corrected chi connectivity index (χ0v) is 8.86. The standard InChI is InChI=1S/C10H12N2O4/c1-3-4-11-9(13)6-15-10(14)8-5-7(2)12-16-8/h3,5H,1,4,6H2,2H3,(H,11,13). The lowest BCUT2D eigenvalue weighted by Crippen LogP contribution is -2.28. The first-order valence-corrected chi connectivity index (χ1v) is 4.61. The number of rotatable bonds is 5. The summed E-state index contributed by atoms with van der Waals surface area (Å²) in [4.78, 5) is 22.3. The number of ether oxygens (including phenoxy) is 1. The van der Waals surface area contributed by atoms with Crippen LogP contribution in [0.1, 0.15) is 16.2 Å². The summed E-state index contributed by atoms with van der Waals surface area (Å²) in [6.07, 6.45) is 1.53. The highest BCUT2D eigenvalue weighted by Gasteiger charge is 2.14. The first-order valence-electron chi connectivity index (χ1n) is 4.61. The Bertz CT molecular complexity index is 397. The summed E-state index contributed by atoms with van der Waals surface area (Å²) >= 11 is 0. The van der Waals surface area contributed by atoms with Gasteiger partial charge in [-0.1, -0.05) is 11.2 Å². The average molecular weight is 224 g/mol. The molecule has 0 aromatic carbocycles. The highest BCUT2D eigenvalue weighted by molar-refractivity contribution is 5.88. The van der Waals surface area contributed by atoms with E-state index in [-0.39, 0.29) is 12.4 Å². The van der Waals surface area contributed by atoms with Crippen molar-refractivity contribution < 1.29 is 18.8 Å². The monoisotopic (exact) mass is 224 g/mol. The zero-order chi connectivity index (χ0) is 12.0. The predicted octanol–water partition coefficient (Wildman–Crippen LogP) is 0.442. The van der Waals surface area contributed by atoms with Gasteiger partial charge in [0.2, 0.25) is 5.76 Å². The van der Waals surface area contributed by atoms with Crippen LogP contribution in [0.2, 0.25) is 0 Å². The van der Waals surface area contributed by atoms with Gasteiger partial charge in [0, 0.05) is 12.6 Å². The molecule has 1 amide bonds. The van der Waals surface area contributed by atoms with Crippen molar-refractivity contribution in [2.45, 2.75) is 6.92 Å². The maximum atomic E-state index is 11.3. The normalized spacial score (nSPS) is 9.56. The van der Waals surface area contributed by atoms with Crippen LogP contribution in [0.25, 0.3) is 0 Å². The summed E-state index contributed by atoms with van der Waals surface area (Å²) in [5, 5.41) is 5.99. The van der Waals surface area contributed by atoms with E-state index >= 15 is 0 Å². The van der Waals surface area contributed by atoms with Crippen LogP contribution in [0.4, 0.5) is 0 Å². The molecule has 0 aliphatic rings. The van der Waals surface area contributed by atoms with E-state index in [2.05, 4.69) is 26.3 Å². The van der Waals surface area contributed by atoms with Gasteiger partial charge in [0.05, 0.1) is 5.69 Å². The summed E-state index contributed by atoms with van der Waals surface area (Å²) < 4.78 is 9.35. The third-order valence-corrected chi connectivity index (χ3v) is 1.61. The van der Waals surface area contributed by atoms with Crippen LogP contribution in [0.5, 0.6) is 0 Å². The predicted molar refractivity (Wildman–Crippen MR) is 54.7 cm³/mol. The summed E-state index contributed by atoms with van der Waals surface area (Å²) in [5.41, 5.74) is 0.572. The molecule has 0 atom stereocenters. The van der Waals surface area contributed by atoms with Crippen molar-refractivity contribution in [3.05, 3.63) is 30.2 Å². The van der Waals surface area contributed by atoms with Crippen molar-refractivity contribution in [2.75, 3.05) is 13.2 Å². The van der Waals surface area contributed by atoms with E-state index in [9.17, 15) is 9.59 Å². The van der Waals surface area contributed by atoms with Crippen LogP contribution in [0.15, 0.2) is 23.2 Å². The van der Waals surface area contributed by atoms with E-state index < -0.39 is 11.9 Å². The number of aromatic nitrogens is 1. The lowest BCUT2D eigenvalue weighted by atomic mass is 10.4. The average Bonchev–Trinajstić information content (AvgIpc) is 2.69. The molecule has 0 saturated heterocycles. The molecule has 1 heterocycles. The zero-order valence-electron chi connectivity index (χ0n) is 8.86. The molecule has 0 fully saturated rings. The van der Waals surface area contributed by atoms with Crippen LogP contribution in [0.3, 0.4) is 0 Å². The lowest BCUT2D eigenvalue weighted by Gasteiger charge is -2.02. The Hall–Kier alpha value is -2.11. The van der Waals surface area contributed by atoms with Gasteiger partial charge in [-0.25, -0.2) is 4.79 Å². The molecule has 0 aliphatic carbocycles. The SMILES string of the molecule is C=CCNC(=O)COC(=O)c1cc(C)no1. The van der Waals surface area contributed by atoms with E-state index in [1.54, 1.807) is 6.92 Å². The molecule has 1 aromatic heterocycles. The molecule has 0 spiro atoms. The number of nitrogens with one attached hydrogen (secondary N) is 1. The fourth-order valence-corrected chi connectivity index (χ4v) is 0.899. The van der Waals surface area contributed by atoms with Gasteiger partial charge in [0.1, 0.15) is 0 Å². The molecule has 6 nitrogen and oxygen atoms in total. The Morgan fingerprint density at radius 2 is 2.44 bits per heavy atom. The number of hydrogen-bond acceptors (Lipinski definition) is 5. The van der Waals surface area contributed by atoms with Gasteiger partial charge in [-0.3, -0.25) is 4.79 Å². The Morgan fingerprint density at radius 1 is 1.69 bits per heavy atom. The number of aryl methyl sites for hydroxylation is 1. The molecule has 0 bridgehead atoms.